The van der Waals surface area contributed by atoms with Crippen molar-refractivity contribution in [2.45, 2.75) is 19.4 Å². The molecule has 1 atom stereocenters. The SMILES string of the molecule is C[C@@H](C(=O)NCCCN1CCOCC1)N(c1cccc(F)c1)S(C)(=O)=O. The van der Waals surface area contributed by atoms with Crippen molar-refractivity contribution in [3.05, 3.63) is 30.1 Å². The summed E-state index contributed by atoms with van der Waals surface area (Å²) >= 11 is 0. The second kappa shape index (κ2) is 9.29. The monoisotopic (exact) mass is 387 g/mol. The number of morpholine rings is 1. The van der Waals surface area contributed by atoms with E-state index in [1.54, 1.807) is 0 Å². The number of carbonyl (C=O) groups excluding carboxylic acids is 1. The van der Waals surface area contributed by atoms with Crippen LogP contribution in [-0.4, -0.2) is 70.9 Å². The molecular weight excluding hydrogens is 361 g/mol. The van der Waals surface area contributed by atoms with Crippen LogP contribution in [0.25, 0.3) is 0 Å². The van der Waals surface area contributed by atoms with Gasteiger partial charge in [0.2, 0.25) is 15.9 Å². The highest BCUT2D eigenvalue weighted by molar-refractivity contribution is 7.92. The molecule has 26 heavy (non-hydrogen) atoms. The van der Waals surface area contributed by atoms with Crippen molar-refractivity contribution in [2.75, 3.05) is 50.0 Å². The fourth-order valence-electron chi connectivity index (χ4n) is 2.91. The summed E-state index contributed by atoms with van der Waals surface area (Å²) in [6.07, 6.45) is 1.76. The van der Waals surface area contributed by atoms with E-state index in [9.17, 15) is 17.6 Å². The fourth-order valence-corrected chi connectivity index (χ4v) is 4.08. The Morgan fingerprint density at radius 2 is 2.08 bits per heavy atom. The molecule has 1 fully saturated rings. The quantitative estimate of drug-likeness (QED) is 0.668. The molecule has 1 N–H and O–H groups in total. The Hall–Kier alpha value is -1.71. The number of amides is 1. The molecule has 1 saturated heterocycles. The van der Waals surface area contributed by atoms with Crippen molar-refractivity contribution >= 4 is 21.6 Å². The molecule has 1 amide bonds. The smallest absolute Gasteiger partial charge is 0.243 e. The number of halogens is 1. The molecule has 0 aliphatic carbocycles. The minimum Gasteiger partial charge on any atom is -0.379 e. The first-order chi connectivity index (χ1) is 12.3. The Balaban J connectivity index is 1.92. The summed E-state index contributed by atoms with van der Waals surface area (Å²) in [5, 5.41) is 2.76. The van der Waals surface area contributed by atoms with Gasteiger partial charge in [-0.3, -0.25) is 14.0 Å². The third-order valence-electron chi connectivity index (χ3n) is 4.21. The van der Waals surface area contributed by atoms with Crippen LogP contribution < -0.4 is 9.62 Å². The number of nitrogens with one attached hydrogen (secondary N) is 1. The van der Waals surface area contributed by atoms with Crippen LogP contribution in [-0.2, 0) is 19.6 Å². The molecule has 9 heteroatoms. The zero-order chi connectivity index (χ0) is 19.2. The number of carbonyl (C=O) groups is 1. The molecule has 0 spiro atoms. The summed E-state index contributed by atoms with van der Waals surface area (Å²) < 4.78 is 44.0. The standard InChI is InChI=1S/C17H26FN3O4S/c1-14(17(22)19-7-4-8-20-9-11-25-12-10-20)21(26(2,23)24)16-6-3-5-15(18)13-16/h3,5-6,13-14H,4,7-12H2,1-2H3,(H,19,22)/t14-/m0/s1. The van der Waals surface area contributed by atoms with Gasteiger partial charge < -0.3 is 10.1 Å². The van der Waals surface area contributed by atoms with E-state index in [1.165, 1.54) is 25.1 Å². The Labute approximate surface area is 154 Å². The topological polar surface area (TPSA) is 79.0 Å². The summed E-state index contributed by atoms with van der Waals surface area (Å²) in [6.45, 7) is 5.99. The third kappa shape index (κ3) is 5.93. The number of hydrogen-bond acceptors (Lipinski definition) is 5. The molecule has 0 radical (unpaired) electrons. The number of sulfonamides is 1. The number of rotatable bonds is 8. The van der Waals surface area contributed by atoms with E-state index < -0.39 is 27.8 Å². The zero-order valence-electron chi connectivity index (χ0n) is 15.2. The van der Waals surface area contributed by atoms with Crippen LogP contribution in [0.15, 0.2) is 24.3 Å². The van der Waals surface area contributed by atoms with Gasteiger partial charge in [-0.25, -0.2) is 12.8 Å². The minimum absolute atomic E-state index is 0.128. The van der Waals surface area contributed by atoms with Crippen LogP contribution in [0.5, 0.6) is 0 Å². The second-order valence-electron chi connectivity index (χ2n) is 6.31. The molecule has 0 unspecified atom stereocenters. The van der Waals surface area contributed by atoms with E-state index in [0.717, 1.165) is 55.9 Å². The first-order valence-electron chi connectivity index (χ1n) is 8.62. The van der Waals surface area contributed by atoms with Crippen molar-refractivity contribution in [1.82, 2.24) is 10.2 Å². The largest absolute Gasteiger partial charge is 0.379 e. The third-order valence-corrected chi connectivity index (χ3v) is 5.45. The normalized spacial score (nSPS) is 16.9. The molecule has 146 valence electrons. The Morgan fingerprint density at radius 3 is 2.69 bits per heavy atom. The lowest BCUT2D eigenvalue weighted by Gasteiger charge is -2.29. The molecule has 2 rings (SSSR count). The van der Waals surface area contributed by atoms with Crippen molar-refractivity contribution in [1.29, 1.82) is 0 Å². The lowest BCUT2D eigenvalue weighted by atomic mass is 10.2. The molecule has 7 nitrogen and oxygen atoms in total. The molecule has 1 heterocycles. The van der Waals surface area contributed by atoms with Crippen molar-refractivity contribution < 1.29 is 22.3 Å². The van der Waals surface area contributed by atoms with Gasteiger partial charge in [-0.1, -0.05) is 6.07 Å². The van der Waals surface area contributed by atoms with Gasteiger partial charge in [-0.2, -0.15) is 0 Å². The highest BCUT2D eigenvalue weighted by Crippen LogP contribution is 2.21. The number of nitrogens with zero attached hydrogens (tertiary/aromatic N) is 2. The van der Waals surface area contributed by atoms with E-state index in [1.807, 2.05) is 0 Å². The number of benzene rings is 1. The molecule has 0 saturated carbocycles. The molecule has 0 aromatic heterocycles. The van der Waals surface area contributed by atoms with Crippen LogP contribution in [0.2, 0.25) is 0 Å². The van der Waals surface area contributed by atoms with Gasteiger partial charge in [0, 0.05) is 19.6 Å². The van der Waals surface area contributed by atoms with Crippen LogP contribution in [0, 0.1) is 5.82 Å². The lowest BCUT2D eigenvalue weighted by molar-refractivity contribution is -0.121. The Morgan fingerprint density at radius 1 is 1.38 bits per heavy atom. The van der Waals surface area contributed by atoms with E-state index in [-0.39, 0.29) is 5.69 Å². The fraction of sp³-hybridized carbons (Fsp3) is 0.588. The Bertz CT molecular complexity index is 708. The van der Waals surface area contributed by atoms with Crippen LogP contribution in [0.1, 0.15) is 13.3 Å². The maximum Gasteiger partial charge on any atom is 0.243 e. The van der Waals surface area contributed by atoms with Crippen LogP contribution in [0.4, 0.5) is 10.1 Å². The first kappa shape index (κ1) is 20.6. The van der Waals surface area contributed by atoms with Gasteiger partial charge in [-0.05, 0) is 38.1 Å². The average Bonchev–Trinajstić information content (AvgIpc) is 2.58. The molecular formula is C17H26FN3O4S. The average molecular weight is 387 g/mol. The summed E-state index contributed by atoms with van der Waals surface area (Å²) in [5.41, 5.74) is 0.128. The highest BCUT2D eigenvalue weighted by Gasteiger charge is 2.29. The summed E-state index contributed by atoms with van der Waals surface area (Å²) in [6, 6.07) is 4.22. The second-order valence-corrected chi connectivity index (χ2v) is 8.17. The van der Waals surface area contributed by atoms with E-state index in [0.29, 0.717) is 6.54 Å². The summed E-state index contributed by atoms with van der Waals surface area (Å²) in [4.78, 5) is 14.7. The van der Waals surface area contributed by atoms with Gasteiger partial charge in [-0.15, -0.1) is 0 Å². The molecule has 1 aliphatic rings. The molecule has 0 bridgehead atoms. The van der Waals surface area contributed by atoms with Gasteiger partial charge in [0.15, 0.2) is 0 Å². The molecule has 1 aliphatic heterocycles. The first-order valence-corrected chi connectivity index (χ1v) is 10.5. The molecule has 1 aromatic rings. The Kier molecular flexibility index (Phi) is 7.36. The van der Waals surface area contributed by atoms with E-state index >= 15 is 0 Å². The minimum atomic E-state index is -3.74. The zero-order valence-corrected chi connectivity index (χ0v) is 16.0. The maximum atomic E-state index is 13.5. The predicted octanol–water partition coefficient (Wildman–Crippen LogP) is 0.819. The van der Waals surface area contributed by atoms with Crippen molar-refractivity contribution in [2.24, 2.45) is 0 Å². The number of ether oxygens (including phenoxy) is 1. The van der Waals surface area contributed by atoms with Gasteiger partial charge in [0.25, 0.3) is 0 Å². The van der Waals surface area contributed by atoms with Gasteiger partial charge >= 0.3 is 0 Å². The predicted molar refractivity (Wildman–Crippen MR) is 98.1 cm³/mol. The van der Waals surface area contributed by atoms with E-state index in [2.05, 4.69) is 10.2 Å². The molecule has 1 aromatic carbocycles. The van der Waals surface area contributed by atoms with Crippen LogP contribution >= 0.6 is 0 Å². The van der Waals surface area contributed by atoms with E-state index in [4.69, 9.17) is 4.74 Å². The van der Waals surface area contributed by atoms with Crippen molar-refractivity contribution in [3.8, 4) is 0 Å². The maximum absolute atomic E-state index is 13.5. The van der Waals surface area contributed by atoms with Crippen molar-refractivity contribution in [3.63, 3.8) is 0 Å². The lowest BCUT2D eigenvalue weighted by Crippen LogP contribution is -2.48. The van der Waals surface area contributed by atoms with Gasteiger partial charge in [0.1, 0.15) is 11.9 Å². The summed E-state index contributed by atoms with van der Waals surface area (Å²) in [5.74, 6) is -0.976. The van der Waals surface area contributed by atoms with Crippen LogP contribution in [0.3, 0.4) is 0 Å². The summed E-state index contributed by atoms with van der Waals surface area (Å²) in [7, 11) is -3.74. The number of anilines is 1. The van der Waals surface area contributed by atoms with Gasteiger partial charge in [0.05, 0.1) is 25.2 Å². The number of hydrogen-bond donors (Lipinski definition) is 1. The highest BCUT2D eigenvalue weighted by atomic mass is 32.2.